The molecule has 218 valence electrons. The molecule has 3 aromatic rings. The van der Waals surface area contributed by atoms with Crippen molar-refractivity contribution in [2.24, 2.45) is 0 Å². The van der Waals surface area contributed by atoms with E-state index in [1.165, 1.54) is 35.4 Å². The zero-order valence-corrected chi connectivity index (χ0v) is 25.5. The highest BCUT2D eigenvalue weighted by Crippen LogP contribution is 2.49. The molecule has 41 heavy (non-hydrogen) atoms. The first-order valence-corrected chi connectivity index (χ1v) is 14.0. The van der Waals surface area contributed by atoms with Crippen LogP contribution in [0.4, 0.5) is 11.4 Å². The topological polar surface area (TPSA) is 128 Å². The standard InChI is InChI=1S/C29H32BrN3O8/c1-13(2)41-19-11-18-16(21-23(19)32-29(3,26(21)34)28(36)40-7)10-15(30)12-33(18)27(35)17-8-14-9-20(37-4)24(38-5)25(39-6)22(14)31-17/h8-9,11,13,15,31-32H,10,12H2,1-7H3/t15-,29+/m0/s1. The third-order valence-electron chi connectivity index (χ3n) is 7.38. The number of aromatic nitrogens is 1. The van der Waals surface area contributed by atoms with E-state index in [9.17, 15) is 14.4 Å². The molecule has 2 aliphatic rings. The van der Waals surface area contributed by atoms with Gasteiger partial charge in [0.25, 0.3) is 5.91 Å². The predicted octanol–water partition coefficient (Wildman–Crippen LogP) is 4.49. The molecular weight excluding hydrogens is 598 g/mol. The molecule has 12 heteroatoms. The predicted molar refractivity (Wildman–Crippen MR) is 157 cm³/mol. The van der Waals surface area contributed by atoms with Crippen molar-refractivity contribution in [3.63, 3.8) is 0 Å². The second-order valence-electron chi connectivity index (χ2n) is 10.4. The van der Waals surface area contributed by atoms with Crippen LogP contribution in [0.25, 0.3) is 10.9 Å². The number of anilines is 2. The second kappa shape index (κ2) is 10.5. The third-order valence-corrected chi connectivity index (χ3v) is 7.99. The van der Waals surface area contributed by atoms with Crippen LogP contribution in [-0.2, 0) is 16.0 Å². The zero-order chi connectivity index (χ0) is 29.8. The molecular formula is C29H32BrN3O8. The minimum atomic E-state index is -1.62. The van der Waals surface area contributed by atoms with Crippen molar-refractivity contribution >= 4 is 55.9 Å². The van der Waals surface area contributed by atoms with E-state index in [0.29, 0.717) is 75.1 Å². The summed E-state index contributed by atoms with van der Waals surface area (Å²) in [7, 11) is 5.79. The molecule has 5 rings (SSSR count). The number of fused-ring (bicyclic) bond motifs is 4. The average Bonchev–Trinajstić information content (AvgIpc) is 3.50. The minimum Gasteiger partial charge on any atom is -0.493 e. The number of ketones is 1. The number of carbonyl (C=O) groups is 3. The number of nitrogens with zero attached hydrogens (tertiary/aromatic N) is 1. The van der Waals surface area contributed by atoms with Crippen LogP contribution in [0.15, 0.2) is 18.2 Å². The number of rotatable bonds is 7. The van der Waals surface area contributed by atoms with Crippen molar-refractivity contribution in [1.82, 2.24) is 4.98 Å². The number of methoxy groups -OCH3 is 4. The third kappa shape index (κ3) is 4.44. The molecule has 2 aliphatic heterocycles. The van der Waals surface area contributed by atoms with Gasteiger partial charge in [-0.1, -0.05) is 15.9 Å². The van der Waals surface area contributed by atoms with E-state index in [1.54, 1.807) is 23.1 Å². The van der Waals surface area contributed by atoms with E-state index in [1.807, 2.05) is 13.8 Å². The van der Waals surface area contributed by atoms with Crippen molar-refractivity contribution in [2.45, 2.75) is 43.7 Å². The van der Waals surface area contributed by atoms with Crippen LogP contribution in [0.3, 0.4) is 0 Å². The van der Waals surface area contributed by atoms with E-state index < -0.39 is 17.3 Å². The van der Waals surface area contributed by atoms with Gasteiger partial charge >= 0.3 is 5.97 Å². The maximum atomic E-state index is 14.1. The normalized spacial score (nSPS) is 19.5. The maximum absolute atomic E-state index is 14.1. The van der Waals surface area contributed by atoms with Crippen LogP contribution in [0.1, 0.15) is 47.2 Å². The Morgan fingerprint density at radius 3 is 2.37 bits per heavy atom. The van der Waals surface area contributed by atoms with Gasteiger partial charge < -0.3 is 38.9 Å². The summed E-state index contributed by atoms with van der Waals surface area (Å²) in [4.78, 5) is 45.3. The lowest BCUT2D eigenvalue weighted by atomic mass is 9.88. The van der Waals surface area contributed by atoms with E-state index >= 15 is 0 Å². The Kier molecular flexibility index (Phi) is 7.31. The van der Waals surface area contributed by atoms with Gasteiger partial charge in [0, 0.05) is 22.8 Å². The number of esters is 1. The average molecular weight is 630 g/mol. The maximum Gasteiger partial charge on any atom is 0.339 e. The molecule has 3 heterocycles. The lowest BCUT2D eigenvalue weighted by Gasteiger charge is -2.34. The van der Waals surface area contributed by atoms with E-state index in [-0.39, 0.29) is 16.8 Å². The molecule has 0 saturated heterocycles. The number of amides is 1. The minimum absolute atomic E-state index is 0.156. The molecule has 2 aromatic carbocycles. The monoisotopic (exact) mass is 629 g/mol. The Balaban J connectivity index is 1.67. The number of halogens is 1. The van der Waals surface area contributed by atoms with Crippen LogP contribution in [0.5, 0.6) is 23.0 Å². The Hall–Kier alpha value is -3.93. The fraction of sp³-hybridized carbons (Fsp3) is 0.414. The van der Waals surface area contributed by atoms with Crippen molar-refractivity contribution in [3.05, 3.63) is 35.0 Å². The van der Waals surface area contributed by atoms with Crippen LogP contribution in [-0.4, -0.2) is 74.1 Å². The SMILES string of the molecule is COC(=O)[C@]1(C)Nc2c(OC(C)C)cc3c(c2C1=O)C[C@H](Br)CN3C(=O)c1cc2cc(OC)c(OC)c(OC)c2[nH]1. The zero-order valence-electron chi connectivity index (χ0n) is 23.9. The molecule has 0 radical (unpaired) electrons. The molecule has 2 N–H and O–H groups in total. The second-order valence-corrected chi connectivity index (χ2v) is 11.7. The number of nitrogens with one attached hydrogen (secondary N) is 2. The molecule has 0 saturated carbocycles. The van der Waals surface area contributed by atoms with Crippen molar-refractivity contribution < 1.29 is 38.1 Å². The van der Waals surface area contributed by atoms with E-state index in [4.69, 9.17) is 23.7 Å². The molecule has 0 unspecified atom stereocenters. The lowest BCUT2D eigenvalue weighted by molar-refractivity contribution is -0.143. The van der Waals surface area contributed by atoms with Gasteiger partial charge in [-0.2, -0.15) is 0 Å². The van der Waals surface area contributed by atoms with Gasteiger partial charge in [-0.25, -0.2) is 4.79 Å². The molecule has 11 nitrogen and oxygen atoms in total. The number of hydrogen-bond acceptors (Lipinski definition) is 9. The van der Waals surface area contributed by atoms with Crippen molar-refractivity contribution in [1.29, 1.82) is 0 Å². The van der Waals surface area contributed by atoms with Crippen molar-refractivity contribution in [2.75, 3.05) is 45.2 Å². The largest absolute Gasteiger partial charge is 0.493 e. The van der Waals surface area contributed by atoms with Gasteiger partial charge in [0.05, 0.1) is 57.0 Å². The number of ether oxygens (including phenoxy) is 5. The first kappa shape index (κ1) is 28.6. The fourth-order valence-electron chi connectivity index (χ4n) is 5.54. The van der Waals surface area contributed by atoms with Gasteiger partial charge in [0.1, 0.15) is 11.4 Å². The Morgan fingerprint density at radius 2 is 1.76 bits per heavy atom. The lowest BCUT2D eigenvalue weighted by Crippen LogP contribution is -2.47. The Labute approximate surface area is 245 Å². The van der Waals surface area contributed by atoms with Crippen LogP contribution in [0.2, 0.25) is 0 Å². The number of Topliss-reactive ketones (excluding diaryl/α,β-unsaturated/α-hetero) is 1. The summed E-state index contributed by atoms with van der Waals surface area (Å²) in [5.74, 6) is 0.169. The highest BCUT2D eigenvalue weighted by molar-refractivity contribution is 9.09. The summed E-state index contributed by atoms with van der Waals surface area (Å²) in [5, 5.41) is 3.76. The van der Waals surface area contributed by atoms with Gasteiger partial charge in [0.15, 0.2) is 17.0 Å². The molecule has 0 spiro atoms. The Bertz CT molecular complexity index is 1580. The summed E-state index contributed by atoms with van der Waals surface area (Å²) < 4.78 is 27.6. The summed E-state index contributed by atoms with van der Waals surface area (Å²) in [5.41, 5.74) is 1.16. The number of aromatic amines is 1. The molecule has 2 atom stereocenters. The molecule has 1 amide bonds. The fourth-order valence-corrected chi connectivity index (χ4v) is 6.15. The number of benzene rings is 2. The molecule has 0 aliphatic carbocycles. The molecule has 0 bridgehead atoms. The smallest absolute Gasteiger partial charge is 0.339 e. The van der Waals surface area contributed by atoms with Gasteiger partial charge in [0.2, 0.25) is 11.5 Å². The van der Waals surface area contributed by atoms with Gasteiger partial charge in [-0.15, -0.1) is 0 Å². The van der Waals surface area contributed by atoms with Crippen LogP contribution >= 0.6 is 15.9 Å². The summed E-state index contributed by atoms with van der Waals surface area (Å²) in [6.45, 7) is 5.55. The van der Waals surface area contributed by atoms with E-state index in [2.05, 4.69) is 26.2 Å². The first-order valence-electron chi connectivity index (χ1n) is 13.0. The molecule has 1 aromatic heterocycles. The highest BCUT2D eigenvalue weighted by Gasteiger charge is 2.52. The summed E-state index contributed by atoms with van der Waals surface area (Å²) >= 11 is 3.68. The van der Waals surface area contributed by atoms with Crippen LogP contribution in [0, 0.1) is 0 Å². The van der Waals surface area contributed by atoms with Gasteiger partial charge in [-0.3, -0.25) is 9.59 Å². The quantitative estimate of drug-likeness (QED) is 0.221. The number of hydrogen-bond donors (Lipinski definition) is 2. The van der Waals surface area contributed by atoms with Gasteiger partial charge in [-0.05, 0) is 44.9 Å². The Morgan fingerprint density at radius 1 is 1.05 bits per heavy atom. The number of carbonyl (C=O) groups excluding carboxylic acids is 3. The summed E-state index contributed by atoms with van der Waals surface area (Å²) in [6.07, 6.45) is 0.227. The number of alkyl halides is 1. The van der Waals surface area contributed by atoms with E-state index in [0.717, 1.165) is 0 Å². The first-order chi connectivity index (χ1) is 19.5. The summed E-state index contributed by atoms with van der Waals surface area (Å²) in [6, 6.07) is 5.24. The highest BCUT2D eigenvalue weighted by atomic mass is 79.9. The van der Waals surface area contributed by atoms with Crippen LogP contribution < -0.4 is 29.2 Å². The molecule has 0 fully saturated rings. The van der Waals surface area contributed by atoms with Crippen molar-refractivity contribution in [3.8, 4) is 23.0 Å². The number of H-pyrrole nitrogens is 1.